The monoisotopic (exact) mass is 494 g/mol. The zero-order valence-electron chi connectivity index (χ0n) is 17.9. The molecule has 172 valence electrons. The van der Waals surface area contributed by atoms with Crippen molar-refractivity contribution < 1.29 is 19.4 Å². The topological polar surface area (TPSA) is 124 Å². The zero-order valence-corrected chi connectivity index (χ0v) is 19.5. The maximum Gasteiger partial charge on any atom is 0.271 e. The molecule has 3 aromatic carbocycles. The second-order valence-corrected chi connectivity index (χ2v) is 8.28. The lowest BCUT2D eigenvalue weighted by Crippen LogP contribution is -2.17. The highest BCUT2D eigenvalue weighted by Gasteiger charge is 2.10. The van der Waals surface area contributed by atoms with Crippen LogP contribution < -0.4 is 15.5 Å². The van der Waals surface area contributed by atoms with Crippen molar-refractivity contribution in [1.29, 1.82) is 5.26 Å². The third-order valence-electron chi connectivity index (χ3n) is 4.45. The lowest BCUT2D eigenvalue weighted by Gasteiger charge is -2.09. The van der Waals surface area contributed by atoms with Gasteiger partial charge in [-0.1, -0.05) is 11.6 Å². The first-order chi connectivity index (χ1) is 16.4. The van der Waals surface area contributed by atoms with E-state index in [2.05, 4.69) is 15.8 Å². The minimum Gasteiger partial charge on any atom is -0.507 e. The second-order valence-electron chi connectivity index (χ2n) is 6.79. The number of nitrogens with zero attached hydrogens (tertiary/aromatic N) is 2. The quantitative estimate of drug-likeness (QED) is 0.242. The van der Waals surface area contributed by atoms with E-state index in [1.54, 1.807) is 36.4 Å². The third kappa shape index (κ3) is 6.75. The Bertz CT molecular complexity index is 1270. The fourth-order valence-electron chi connectivity index (χ4n) is 2.76. The summed E-state index contributed by atoms with van der Waals surface area (Å²) in [5, 5.41) is 25.9. The molecule has 0 aromatic heterocycles. The predicted octanol–water partition coefficient (Wildman–Crippen LogP) is 4.42. The smallest absolute Gasteiger partial charge is 0.271 e. The van der Waals surface area contributed by atoms with Gasteiger partial charge in [-0.2, -0.15) is 10.4 Å². The number of carbonyl (C=O) groups is 2. The first-order valence-electron chi connectivity index (χ1n) is 9.82. The van der Waals surface area contributed by atoms with Gasteiger partial charge in [0.25, 0.3) is 5.91 Å². The molecule has 0 unspecified atom stereocenters. The van der Waals surface area contributed by atoms with Crippen LogP contribution >= 0.6 is 23.4 Å². The van der Waals surface area contributed by atoms with Gasteiger partial charge in [0, 0.05) is 32.8 Å². The number of hydrogen-bond acceptors (Lipinski definition) is 7. The molecule has 3 rings (SSSR count). The molecule has 8 nitrogen and oxygen atoms in total. The van der Waals surface area contributed by atoms with Crippen LogP contribution in [0, 0.1) is 11.3 Å². The number of halogens is 1. The van der Waals surface area contributed by atoms with Crippen LogP contribution in [0.3, 0.4) is 0 Å². The van der Waals surface area contributed by atoms with Crippen LogP contribution in [0.4, 0.5) is 5.69 Å². The van der Waals surface area contributed by atoms with Gasteiger partial charge >= 0.3 is 0 Å². The van der Waals surface area contributed by atoms with Crippen molar-refractivity contribution in [2.75, 3.05) is 18.2 Å². The summed E-state index contributed by atoms with van der Waals surface area (Å²) in [5.41, 5.74) is 3.64. The number of aromatic hydroxyl groups is 1. The van der Waals surface area contributed by atoms with E-state index < -0.39 is 5.91 Å². The Morgan fingerprint density at radius 2 is 1.94 bits per heavy atom. The maximum atomic E-state index is 12.3. The van der Waals surface area contributed by atoms with Gasteiger partial charge in [0.15, 0.2) is 0 Å². The Hall–Kier alpha value is -4.00. The Morgan fingerprint density at radius 3 is 2.65 bits per heavy atom. The first kappa shape index (κ1) is 24.6. The molecule has 0 aliphatic rings. The average Bonchev–Trinajstić information content (AvgIpc) is 2.84. The van der Waals surface area contributed by atoms with E-state index in [4.69, 9.17) is 21.6 Å². The van der Waals surface area contributed by atoms with E-state index in [0.717, 1.165) is 4.90 Å². The molecule has 0 aliphatic carbocycles. The molecule has 3 aromatic rings. The van der Waals surface area contributed by atoms with Crippen molar-refractivity contribution in [3.05, 3.63) is 82.4 Å². The Labute approximate surface area is 205 Å². The third-order valence-corrected chi connectivity index (χ3v) is 5.71. The van der Waals surface area contributed by atoms with Crippen molar-refractivity contribution in [1.82, 2.24) is 5.43 Å². The van der Waals surface area contributed by atoms with Crippen molar-refractivity contribution >= 4 is 47.1 Å². The fraction of sp³-hybridized carbons (Fsp3) is 0.0833. The molecule has 0 bridgehead atoms. The summed E-state index contributed by atoms with van der Waals surface area (Å²) < 4.78 is 5.36. The summed E-state index contributed by atoms with van der Waals surface area (Å²) in [6, 6.07) is 18.0. The van der Waals surface area contributed by atoms with Gasteiger partial charge in [0.05, 0.1) is 24.6 Å². The molecule has 0 aliphatic heterocycles. The normalized spacial score (nSPS) is 10.5. The largest absolute Gasteiger partial charge is 0.507 e. The molecule has 2 amide bonds. The number of hydrazone groups is 1. The van der Waals surface area contributed by atoms with Crippen LogP contribution in [-0.2, 0) is 4.79 Å². The molecule has 0 saturated heterocycles. The van der Waals surface area contributed by atoms with Crippen molar-refractivity contribution in [3.8, 4) is 17.6 Å². The minimum atomic E-state index is -0.547. The van der Waals surface area contributed by atoms with Crippen LogP contribution in [0.15, 0.2) is 70.7 Å². The maximum absolute atomic E-state index is 12.3. The van der Waals surface area contributed by atoms with Gasteiger partial charge in [-0.15, -0.1) is 11.8 Å². The highest BCUT2D eigenvalue weighted by atomic mass is 35.5. The molecule has 0 fully saturated rings. The number of ether oxygens (including phenoxy) is 1. The van der Waals surface area contributed by atoms with Crippen LogP contribution in [0.25, 0.3) is 0 Å². The molecule has 34 heavy (non-hydrogen) atoms. The molecule has 3 N–H and O–H groups in total. The molecule has 0 atom stereocenters. The number of thioether (sulfide) groups is 1. The number of carbonyl (C=O) groups excluding carboxylic acids is 2. The SMILES string of the molecule is COc1cc(NC(=O)CSc2ccc(Cl)cc2)ccc1/C=N/NC(=O)c1ccc(O)c(C#N)c1. The number of rotatable bonds is 8. The lowest BCUT2D eigenvalue weighted by atomic mass is 10.1. The summed E-state index contributed by atoms with van der Waals surface area (Å²) in [4.78, 5) is 25.4. The highest BCUT2D eigenvalue weighted by molar-refractivity contribution is 8.00. The van der Waals surface area contributed by atoms with Gasteiger partial charge in [-0.25, -0.2) is 5.43 Å². The predicted molar refractivity (Wildman–Crippen MR) is 132 cm³/mol. The van der Waals surface area contributed by atoms with Crippen molar-refractivity contribution in [3.63, 3.8) is 0 Å². The molecular weight excluding hydrogens is 476 g/mol. The average molecular weight is 495 g/mol. The Balaban J connectivity index is 1.59. The highest BCUT2D eigenvalue weighted by Crippen LogP contribution is 2.24. The molecule has 0 radical (unpaired) electrons. The summed E-state index contributed by atoms with van der Waals surface area (Å²) in [5.74, 6) is -0.264. The zero-order chi connectivity index (χ0) is 24.5. The van der Waals surface area contributed by atoms with E-state index in [9.17, 15) is 14.7 Å². The molecular formula is C24H19ClN4O4S. The van der Waals surface area contributed by atoms with Crippen LogP contribution in [-0.4, -0.2) is 36.0 Å². The van der Waals surface area contributed by atoms with Crippen LogP contribution in [0.2, 0.25) is 5.02 Å². The van der Waals surface area contributed by atoms with Crippen LogP contribution in [0.5, 0.6) is 11.5 Å². The van der Waals surface area contributed by atoms with E-state index in [-0.39, 0.29) is 28.5 Å². The summed E-state index contributed by atoms with van der Waals surface area (Å²) >= 11 is 7.25. The number of phenolic OH excluding ortho intramolecular Hbond substituents is 1. The standard InChI is InChI=1S/C24H19ClN4O4S/c1-33-22-11-19(28-23(31)14-34-20-7-4-18(25)5-8-20)6-2-16(22)13-27-29-24(32)15-3-9-21(30)17(10-15)12-26/h2-11,13,30H,14H2,1H3,(H,28,31)(H,29,32)/b27-13+. The van der Waals surface area contributed by atoms with Crippen molar-refractivity contribution in [2.45, 2.75) is 4.90 Å². The second kappa shape index (κ2) is 11.7. The van der Waals surface area contributed by atoms with Crippen molar-refractivity contribution in [2.24, 2.45) is 5.10 Å². The van der Waals surface area contributed by atoms with E-state index in [1.165, 1.54) is 43.3 Å². The molecule has 0 heterocycles. The number of hydrogen-bond donors (Lipinski definition) is 3. The van der Waals surface area contributed by atoms with Gasteiger partial charge < -0.3 is 15.2 Å². The number of anilines is 1. The van der Waals surface area contributed by atoms with Gasteiger partial charge in [0.1, 0.15) is 17.6 Å². The van der Waals surface area contributed by atoms with E-state index >= 15 is 0 Å². The Kier molecular flexibility index (Phi) is 8.51. The minimum absolute atomic E-state index is 0.0116. The van der Waals surface area contributed by atoms with E-state index in [0.29, 0.717) is 22.0 Å². The number of nitrogens with one attached hydrogen (secondary N) is 2. The van der Waals surface area contributed by atoms with Gasteiger partial charge in [0.2, 0.25) is 5.91 Å². The van der Waals surface area contributed by atoms with Gasteiger partial charge in [-0.05, 0) is 54.6 Å². The molecule has 0 spiro atoms. The number of phenols is 1. The number of methoxy groups -OCH3 is 1. The summed E-state index contributed by atoms with van der Waals surface area (Å²) in [6.45, 7) is 0. The summed E-state index contributed by atoms with van der Waals surface area (Å²) in [6.07, 6.45) is 1.39. The Morgan fingerprint density at radius 1 is 1.18 bits per heavy atom. The molecule has 10 heteroatoms. The van der Waals surface area contributed by atoms with Gasteiger partial charge in [-0.3, -0.25) is 9.59 Å². The lowest BCUT2D eigenvalue weighted by molar-refractivity contribution is -0.113. The molecule has 0 saturated carbocycles. The number of nitriles is 1. The first-order valence-corrected chi connectivity index (χ1v) is 11.2. The number of benzene rings is 3. The van der Waals surface area contributed by atoms with E-state index in [1.807, 2.05) is 12.1 Å². The summed E-state index contributed by atoms with van der Waals surface area (Å²) in [7, 11) is 1.48. The number of amides is 2. The fourth-order valence-corrected chi connectivity index (χ4v) is 3.59. The van der Waals surface area contributed by atoms with Crippen LogP contribution in [0.1, 0.15) is 21.5 Å².